The van der Waals surface area contributed by atoms with E-state index in [4.69, 9.17) is 11.6 Å². The normalized spacial score (nSPS) is 15.2. The molecule has 1 aromatic heterocycles. The summed E-state index contributed by atoms with van der Waals surface area (Å²) in [6, 6.07) is 1.39. The molecule has 0 bridgehead atoms. The van der Waals surface area contributed by atoms with Crippen molar-refractivity contribution in [2.75, 3.05) is 0 Å². The first-order chi connectivity index (χ1) is 6.16. The molecule has 5 heteroatoms. The number of halogens is 1. The van der Waals surface area contributed by atoms with E-state index in [0.717, 1.165) is 0 Å². The maximum atomic E-state index is 11.1. The van der Waals surface area contributed by atoms with Gasteiger partial charge in [-0.05, 0) is 11.6 Å². The van der Waals surface area contributed by atoms with Crippen LogP contribution in [0.15, 0.2) is 12.3 Å². The molecule has 4 nitrogen and oxygen atoms in total. The molecule has 2 rings (SSSR count). The molecule has 2 heterocycles. The first-order valence-corrected chi connectivity index (χ1v) is 3.94. The van der Waals surface area contributed by atoms with Crippen molar-refractivity contribution in [3.05, 3.63) is 28.5 Å². The number of esters is 2. The van der Waals surface area contributed by atoms with E-state index in [1.54, 1.807) is 0 Å². The van der Waals surface area contributed by atoms with Crippen molar-refractivity contribution in [3.63, 3.8) is 0 Å². The monoisotopic (exact) mass is 197 g/mol. The summed E-state index contributed by atoms with van der Waals surface area (Å²) in [4.78, 5) is 25.7. The second-order valence-electron chi connectivity index (χ2n) is 2.60. The summed E-state index contributed by atoms with van der Waals surface area (Å²) in [6.45, 7) is 0. The molecule has 0 spiro atoms. The smallest absolute Gasteiger partial charge is 0.346 e. The Hall–Kier alpha value is -1.42. The molecule has 1 aliphatic heterocycles. The molecule has 0 unspecified atom stereocenters. The van der Waals surface area contributed by atoms with E-state index in [1.165, 1.54) is 12.3 Å². The fourth-order valence-corrected chi connectivity index (χ4v) is 1.30. The van der Waals surface area contributed by atoms with E-state index >= 15 is 0 Å². The Morgan fingerprint density at radius 1 is 1.46 bits per heavy atom. The first kappa shape index (κ1) is 8.19. The molecule has 13 heavy (non-hydrogen) atoms. The van der Waals surface area contributed by atoms with Crippen LogP contribution in [0.1, 0.15) is 15.9 Å². The highest BCUT2D eigenvalue weighted by atomic mass is 35.5. The van der Waals surface area contributed by atoms with Crippen molar-refractivity contribution in [1.29, 1.82) is 0 Å². The summed E-state index contributed by atoms with van der Waals surface area (Å²) in [7, 11) is 0. The predicted molar refractivity (Wildman–Crippen MR) is 43.4 cm³/mol. The van der Waals surface area contributed by atoms with Gasteiger partial charge >= 0.3 is 11.9 Å². The lowest BCUT2D eigenvalue weighted by Crippen LogP contribution is -2.22. The Kier molecular flexibility index (Phi) is 1.77. The van der Waals surface area contributed by atoms with Crippen LogP contribution < -0.4 is 0 Å². The summed E-state index contributed by atoms with van der Waals surface area (Å²) in [5, 5.41) is 0.213. The third kappa shape index (κ3) is 1.40. The van der Waals surface area contributed by atoms with Crippen LogP contribution in [0.3, 0.4) is 0 Å². The molecule has 0 radical (unpaired) electrons. The molecule has 0 saturated heterocycles. The van der Waals surface area contributed by atoms with E-state index in [-0.39, 0.29) is 11.6 Å². The highest BCUT2D eigenvalue weighted by Crippen LogP contribution is 2.19. The molecule has 1 aliphatic rings. The molecule has 66 valence electrons. The number of rotatable bonds is 0. The Balaban J connectivity index is 2.55. The van der Waals surface area contributed by atoms with Gasteiger partial charge < -0.3 is 4.74 Å². The van der Waals surface area contributed by atoms with Crippen LogP contribution in [0.5, 0.6) is 0 Å². The number of aromatic nitrogens is 1. The zero-order valence-corrected chi connectivity index (χ0v) is 7.17. The average molecular weight is 198 g/mol. The van der Waals surface area contributed by atoms with Crippen molar-refractivity contribution in [3.8, 4) is 0 Å². The van der Waals surface area contributed by atoms with Crippen molar-refractivity contribution in [2.24, 2.45) is 0 Å². The maximum Gasteiger partial charge on any atom is 0.346 e. The number of hydrogen-bond donors (Lipinski definition) is 0. The number of carbonyl (C=O) groups is 2. The first-order valence-electron chi connectivity index (χ1n) is 3.56. The molecular formula is C8H4ClNO3. The number of cyclic esters (lactones) is 2. The number of ether oxygens (including phenoxy) is 1. The number of carbonyl (C=O) groups excluding carboxylic acids is 2. The fourth-order valence-electron chi connectivity index (χ4n) is 1.14. The molecule has 0 N–H and O–H groups in total. The molecule has 0 amide bonds. The lowest BCUT2D eigenvalue weighted by Gasteiger charge is -2.12. The second kappa shape index (κ2) is 2.81. The van der Waals surface area contributed by atoms with Crippen molar-refractivity contribution in [2.45, 2.75) is 6.42 Å². The molecule has 0 aliphatic carbocycles. The lowest BCUT2D eigenvalue weighted by atomic mass is 10.1. The third-order valence-electron chi connectivity index (χ3n) is 1.71. The van der Waals surface area contributed by atoms with Crippen LogP contribution in [-0.2, 0) is 16.0 Å². The van der Waals surface area contributed by atoms with Gasteiger partial charge in [0, 0.05) is 6.20 Å². The van der Waals surface area contributed by atoms with Crippen molar-refractivity contribution >= 4 is 23.5 Å². The number of hydrogen-bond acceptors (Lipinski definition) is 4. The SMILES string of the molecule is O=C1Cc2cnc(Cl)cc2C(=O)O1. The standard InChI is InChI=1S/C8H4ClNO3/c9-6-2-5-4(3-10-6)1-7(11)13-8(5)12/h2-3H,1H2. The van der Waals surface area contributed by atoms with E-state index in [0.29, 0.717) is 11.1 Å². The molecular weight excluding hydrogens is 194 g/mol. The van der Waals surface area contributed by atoms with E-state index < -0.39 is 11.9 Å². The van der Waals surface area contributed by atoms with Gasteiger partial charge in [-0.2, -0.15) is 0 Å². The van der Waals surface area contributed by atoms with Gasteiger partial charge in [0.05, 0.1) is 12.0 Å². The van der Waals surface area contributed by atoms with Gasteiger partial charge in [-0.1, -0.05) is 11.6 Å². The Labute approximate surface area is 78.5 Å². The molecule has 0 aromatic carbocycles. The van der Waals surface area contributed by atoms with Gasteiger partial charge in [-0.3, -0.25) is 4.79 Å². The summed E-state index contributed by atoms with van der Waals surface area (Å²) in [5.74, 6) is -1.21. The highest BCUT2D eigenvalue weighted by Gasteiger charge is 2.24. The predicted octanol–water partition coefficient (Wildman–Crippen LogP) is 0.975. The molecule has 0 atom stereocenters. The van der Waals surface area contributed by atoms with Crippen LogP contribution in [0.4, 0.5) is 0 Å². The average Bonchev–Trinajstić information content (AvgIpc) is 2.06. The van der Waals surface area contributed by atoms with E-state index in [1.807, 2.05) is 0 Å². The Morgan fingerprint density at radius 3 is 3.00 bits per heavy atom. The van der Waals surface area contributed by atoms with Crippen molar-refractivity contribution in [1.82, 2.24) is 4.98 Å². The van der Waals surface area contributed by atoms with E-state index in [9.17, 15) is 9.59 Å². The molecule has 0 saturated carbocycles. The topological polar surface area (TPSA) is 56.3 Å². The second-order valence-corrected chi connectivity index (χ2v) is 2.99. The largest absolute Gasteiger partial charge is 0.389 e. The summed E-state index contributed by atoms with van der Waals surface area (Å²) in [5.41, 5.74) is 0.880. The Morgan fingerprint density at radius 2 is 2.23 bits per heavy atom. The summed E-state index contributed by atoms with van der Waals surface area (Å²) >= 11 is 5.57. The third-order valence-corrected chi connectivity index (χ3v) is 1.92. The minimum atomic E-state index is -0.657. The fraction of sp³-hybridized carbons (Fsp3) is 0.125. The van der Waals surface area contributed by atoms with Crippen molar-refractivity contribution < 1.29 is 14.3 Å². The zero-order chi connectivity index (χ0) is 9.42. The van der Waals surface area contributed by atoms with Crippen LogP contribution in [0, 0.1) is 0 Å². The quantitative estimate of drug-likeness (QED) is 0.353. The molecule has 1 aromatic rings. The van der Waals surface area contributed by atoms with Gasteiger partial charge in [-0.25, -0.2) is 9.78 Å². The highest BCUT2D eigenvalue weighted by molar-refractivity contribution is 6.29. The zero-order valence-electron chi connectivity index (χ0n) is 6.41. The van der Waals surface area contributed by atoms with Crippen LogP contribution in [-0.4, -0.2) is 16.9 Å². The van der Waals surface area contributed by atoms with Gasteiger partial charge in [0.2, 0.25) is 0 Å². The van der Waals surface area contributed by atoms with Gasteiger partial charge in [0.1, 0.15) is 5.15 Å². The molecule has 0 fully saturated rings. The van der Waals surface area contributed by atoms with Crippen LogP contribution >= 0.6 is 11.6 Å². The van der Waals surface area contributed by atoms with Gasteiger partial charge in [0.25, 0.3) is 0 Å². The van der Waals surface area contributed by atoms with E-state index in [2.05, 4.69) is 9.72 Å². The number of nitrogens with zero attached hydrogens (tertiary/aromatic N) is 1. The van der Waals surface area contributed by atoms with Crippen LogP contribution in [0.25, 0.3) is 0 Å². The number of pyridine rings is 1. The number of fused-ring (bicyclic) bond motifs is 1. The minimum Gasteiger partial charge on any atom is -0.389 e. The maximum absolute atomic E-state index is 11.1. The van der Waals surface area contributed by atoms with Crippen LogP contribution in [0.2, 0.25) is 5.15 Å². The van der Waals surface area contributed by atoms with Gasteiger partial charge in [0.15, 0.2) is 0 Å². The minimum absolute atomic E-state index is 0.0746. The summed E-state index contributed by atoms with van der Waals surface area (Å²) in [6.07, 6.45) is 1.49. The van der Waals surface area contributed by atoms with Gasteiger partial charge in [-0.15, -0.1) is 0 Å². The summed E-state index contributed by atoms with van der Waals surface area (Å²) < 4.78 is 4.40. The Bertz CT molecular complexity index is 402. The lowest BCUT2D eigenvalue weighted by molar-refractivity contribution is -0.137.